The van der Waals surface area contributed by atoms with Crippen LogP contribution in [0.2, 0.25) is 0 Å². The second-order valence-electron chi connectivity index (χ2n) is 7.32. The van der Waals surface area contributed by atoms with Crippen molar-refractivity contribution >= 4 is 27.7 Å². The summed E-state index contributed by atoms with van der Waals surface area (Å²) in [5.74, 6) is 0.987. The van der Waals surface area contributed by atoms with Crippen LogP contribution in [0.15, 0.2) is 58.1 Å². The summed E-state index contributed by atoms with van der Waals surface area (Å²) in [4.78, 5) is 53.3. The van der Waals surface area contributed by atoms with Crippen LogP contribution in [0.4, 0.5) is 0 Å². The molecule has 0 saturated heterocycles. The number of nitrogens with one attached hydrogen (secondary N) is 2. The molecule has 0 aliphatic rings. The highest BCUT2D eigenvalue weighted by Gasteiger charge is 2.14. The van der Waals surface area contributed by atoms with E-state index in [0.717, 1.165) is 0 Å². The van der Waals surface area contributed by atoms with Crippen molar-refractivity contribution in [3.63, 3.8) is 0 Å². The van der Waals surface area contributed by atoms with Crippen LogP contribution in [0.3, 0.4) is 0 Å². The quantitative estimate of drug-likeness (QED) is 0.480. The first-order valence-electron chi connectivity index (χ1n) is 10.3. The smallest absolute Gasteiger partial charge is 0.258 e. The molecular weight excluding hydrogens is 394 g/mol. The van der Waals surface area contributed by atoms with Gasteiger partial charge in [-0.2, -0.15) is 0 Å². The normalized spacial score (nSPS) is 11.1. The molecule has 2 aromatic heterocycles. The van der Waals surface area contributed by atoms with Crippen molar-refractivity contribution in [1.82, 2.24) is 24.8 Å². The molecule has 1 amide bonds. The number of para-hydroxylation sites is 2. The Kier molecular flexibility index (Phi) is 5.88. The van der Waals surface area contributed by atoms with E-state index >= 15 is 0 Å². The van der Waals surface area contributed by atoms with E-state index in [0.29, 0.717) is 59.3 Å². The van der Waals surface area contributed by atoms with E-state index in [1.165, 1.54) is 0 Å². The van der Waals surface area contributed by atoms with E-state index in [-0.39, 0.29) is 23.6 Å². The van der Waals surface area contributed by atoms with E-state index in [9.17, 15) is 14.4 Å². The van der Waals surface area contributed by atoms with Gasteiger partial charge in [0, 0.05) is 19.4 Å². The molecule has 8 nitrogen and oxygen atoms in total. The molecule has 0 radical (unpaired) electrons. The van der Waals surface area contributed by atoms with Gasteiger partial charge in [-0.05, 0) is 37.6 Å². The van der Waals surface area contributed by atoms with Crippen molar-refractivity contribution in [1.29, 1.82) is 0 Å². The van der Waals surface area contributed by atoms with Crippen molar-refractivity contribution in [3.8, 4) is 0 Å². The fourth-order valence-corrected chi connectivity index (χ4v) is 3.59. The number of hydrogen-bond acceptors (Lipinski definition) is 5. The van der Waals surface area contributed by atoms with Crippen LogP contribution in [-0.2, 0) is 17.8 Å². The zero-order valence-corrected chi connectivity index (χ0v) is 17.2. The fraction of sp³-hybridized carbons (Fsp3) is 0.261. The van der Waals surface area contributed by atoms with E-state index in [4.69, 9.17) is 0 Å². The lowest BCUT2D eigenvalue weighted by molar-refractivity contribution is -0.131. The number of aryl methyl sites for hydroxylation is 1. The summed E-state index contributed by atoms with van der Waals surface area (Å²) < 4.78 is 0. The number of aromatic amines is 2. The van der Waals surface area contributed by atoms with Crippen LogP contribution in [-0.4, -0.2) is 37.3 Å². The number of rotatable bonds is 7. The molecule has 4 rings (SSSR count). The third-order valence-electron chi connectivity index (χ3n) is 5.20. The molecule has 0 saturated carbocycles. The zero-order chi connectivity index (χ0) is 21.8. The van der Waals surface area contributed by atoms with Crippen LogP contribution in [0, 0.1) is 0 Å². The van der Waals surface area contributed by atoms with Crippen LogP contribution < -0.4 is 11.1 Å². The number of carbonyl (C=O) groups excluding carboxylic acids is 1. The van der Waals surface area contributed by atoms with Gasteiger partial charge in [-0.15, -0.1) is 0 Å². The first-order chi connectivity index (χ1) is 15.0. The number of nitrogens with zero attached hydrogens (tertiary/aromatic N) is 3. The monoisotopic (exact) mass is 417 g/mol. The highest BCUT2D eigenvalue weighted by Crippen LogP contribution is 2.10. The van der Waals surface area contributed by atoms with Crippen molar-refractivity contribution in [2.75, 3.05) is 6.54 Å². The summed E-state index contributed by atoms with van der Waals surface area (Å²) in [7, 11) is 0. The second kappa shape index (κ2) is 8.91. The minimum Gasteiger partial charge on any atom is -0.336 e. The maximum Gasteiger partial charge on any atom is 0.258 e. The minimum absolute atomic E-state index is 0.0403. The molecule has 0 atom stereocenters. The Balaban J connectivity index is 1.40. The Hall–Kier alpha value is -3.81. The fourth-order valence-electron chi connectivity index (χ4n) is 3.59. The third-order valence-corrected chi connectivity index (χ3v) is 5.20. The molecule has 0 unspecified atom stereocenters. The Morgan fingerprint density at radius 3 is 2.03 bits per heavy atom. The summed E-state index contributed by atoms with van der Waals surface area (Å²) >= 11 is 0. The Bertz CT molecular complexity index is 1360. The van der Waals surface area contributed by atoms with Crippen LogP contribution >= 0.6 is 0 Å². The van der Waals surface area contributed by atoms with Gasteiger partial charge in [0.1, 0.15) is 11.6 Å². The lowest BCUT2D eigenvalue weighted by Gasteiger charge is -2.20. The van der Waals surface area contributed by atoms with Gasteiger partial charge in [-0.1, -0.05) is 24.3 Å². The molecule has 2 N–H and O–H groups in total. The average molecular weight is 417 g/mol. The van der Waals surface area contributed by atoms with Crippen LogP contribution in [0.25, 0.3) is 21.8 Å². The maximum atomic E-state index is 12.7. The van der Waals surface area contributed by atoms with Gasteiger partial charge < -0.3 is 14.9 Å². The average Bonchev–Trinajstić information content (AvgIpc) is 2.77. The van der Waals surface area contributed by atoms with Crippen LogP contribution in [0.5, 0.6) is 0 Å². The molecule has 8 heteroatoms. The minimum atomic E-state index is -0.213. The van der Waals surface area contributed by atoms with Gasteiger partial charge in [0.05, 0.1) is 28.4 Å². The van der Waals surface area contributed by atoms with E-state index in [1.807, 2.05) is 19.1 Å². The lowest BCUT2D eigenvalue weighted by Crippen LogP contribution is -2.31. The SMILES string of the molecule is CCN(Cc1nc2ccccc2c(=O)[nH]1)C(=O)CCCc1nc2ccccc2c(=O)[nH]1. The predicted octanol–water partition coefficient (Wildman–Crippen LogP) is 2.53. The topological polar surface area (TPSA) is 112 Å². The summed E-state index contributed by atoms with van der Waals surface area (Å²) in [5.41, 5.74) is 0.869. The first-order valence-corrected chi connectivity index (χ1v) is 10.3. The molecule has 2 heterocycles. The van der Waals surface area contributed by atoms with Crippen molar-refractivity contribution in [2.45, 2.75) is 32.7 Å². The number of fused-ring (bicyclic) bond motifs is 2. The van der Waals surface area contributed by atoms with Crippen molar-refractivity contribution < 1.29 is 4.79 Å². The standard InChI is InChI=1S/C23H23N5O3/c1-2-28(14-20-25-18-11-6-4-9-16(18)23(31)27-20)21(29)13-7-12-19-24-17-10-5-3-8-15(17)22(30)26-19/h3-6,8-11H,2,7,12-14H2,1H3,(H,24,26,30)(H,25,27,31). The zero-order valence-electron chi connectivity index (χ0n) is 17.2. The highest BCUT2D eigenvalue weighted by atomic mass is 16.2. The van der Waals surface area contributed by atoms with Gasteiger partial charge in [0.15, 0.2) is 0 Å². The van der Waals surface area contributed by atoms with Gasteiger partial charge in [0.25, 0.3) is 11.1 Å². The predicted molar refractivity (Wildman–Crippen MR) is 119 cm³/mol. The lowest BCUT2D eigenvalue weighted by atomic mass is 10.2. The highest BCUT2D eigenvalue weighted by molar-refractivity contribution is 5.78. The second-order valence-corrected chi connectivity index (χ2v) is 7.32. The molecule has 4 aromatic rings. The van der Waals surface area contributed by atoms with Gasteiger partial charge in [0.2, 0.25) is 5.91 Å². The summed E-state index contributed by atoms with van der Waals surface area (Å²) in [6, 6.07) is 14.3. The molecule has 0 aliphatic heterocycles. The van der Waals surface area contributed by atoms with Crippen molar-refractivity contribution in [2.24, 2.45) is 0 Å². The molecular formula is C23H23N5O3. The first kappa shape index (κ1) is 20.5. The molecule has 0 fully saturated rings. The molecule has 31 heavy (non-hydrogen) atoms. The summed E-state index contributed by atoms with van der Waals surface area (Å²) in [6.07, 6.45) is 1.36. The Morgan fingerprint density at radius 1 is 0.871 bits per heavy atom. The third kappa shape index (κ3) is 4.53. The van der Waals surface area contributed by atoms with Gasteiger partial charge in [-0.25, -0.2) is 9.97 Å². The van der Waals surface area contributed by atoms with Crippen molar-refractivity contribution in [3.05, 3.63) is 80.9 Å². The van der Waals surface area contributed by atoms with Crippen LogP contribution in [0.1, 0.15) is 31.4 Å². The summed E-state index contributed by atoms with van der Waals surface area (Å²) in [5, 5.41) is 1.08. The Morgan fingerprint density at radius 2 is 1.42 bits per heavy atom. The molecule has 0 spiro atoms. The molecule has 0 bridgehead atoms. The number of hydrogen-bond donors (Lipinski definition) is 2. The Labute approximate surface area is 178 Å². The van der Waals surface area contributed by atoms with Gasteiger partial charge >= 0.3 is 0 Å². The number of amides is 1. The maximum absolute atomic E-state index is 12.7. The molecule has 0 aliphatic carbocycles. The van der Waals surface area contributed by atoms with E-state index in [1.54, 1.807) is 41.3 Å². The van der Waals surface area contributed by atoms with E-state index < -0.39 is 0 Å². The summed E-state index contributed by atoms with van der Waals surface area (Å²) in [6.45, 7) is 2.63. The number of H-pyrrole nitrogens is 2. The van der Waals surface area contributed by atoms with E-state index in [2.05, 4.69) is 19.9 Å². The molecule has 158 valence electrons. The largest absolute Gasteiger partial charge is 0.336 e. The number of benzene rings is 2. The number of carbonyl (C=O) groups is 1. The van der Waals surface area contributed by atoms with Gasteiger partial charge in [-0.3, -0.25) is 14.4 Å². The molecule has 2 aromatic carbocycles. The number of aromatic nitrogens is 4.